The molecule has 0 spiro atoms. The van der Waals surface area contributed by atoms with E-state index in [1.54, 1.807) is 0 Å². The minimum Gasteiger partial charge on any atom is -0.292 e. The van der Waals surface area contributed by atoms with Crippen molar-refractivity contribution in [2.75, 3.05) is 13.2 Å². The number of aryl methyl sites for hydroxylation is 1. The summed E-state index contributed by atoms with van der Waals surface area (Å²) in [7, 11) is 0. The Labute approximate surface area is 104 Å². The van der Waals surface area contributed by atoms with Crippen molar-refractivity contribution in [1.82, 2.24) is 5.48 Å². The standard InChI is InChI=1S/C13H16F3NO/c14-13(15,16)9-18-17-8-11-6-3-5-10-4-1-2-7-12(10)11/h1-2,4,7,11,17H,3,5-6,8-9H2. The lowest BCUT2D eigenvalue weighted by Crippen LogP contribution is -2.29. The monoisotopic (exact) mass is 259 g/mol. The number of nitrogens with one attached hydrogen (secondary N) is 1. The van der Waals surface area contributed by atoms with Gasteiger partial charge in [-0.2, -0.15) is 13.2 Å². The van der Waals surface area contributed by atoms with Crippen molar-refractivity contribution in [2.24, 2.45) is 0 Å². The minimum atomic E-state index is -4.28. The van der Waals surface area contributed by atoms with E-state index in [1.165, 1.54) is 11.1 Å². The second-order valence-corrected chi connectivity index (χ2v) is 4.54. The molecule has 1 N–H and O–H groups in total. The number of alkyl halides is 3. The first-order valence-electron chi connectivity index (χ1n) is 6.05. The van der Waals surface area contributed by atoms with E-state index >= 15 is 0 Å². The summed E-state index contributed by atoms with van der Waals surface area (Å²) >= 11 is 0. The number of hydroxylamine groups is 1. The van der Waals surface area contributed by atoms with E-state index in [0.717, 1.165) is 19.3 Å². The van der Waals surface area contributed by atoms with E-state index in [2.05, 4.69) is 16.4 Å². The Kier molecular flexibility index (Phi) is 4.24. The molecule has 0 aliphatic heterocycles. The summed E-state index contributed by atoms with van der Waals surface area (Å²) in [4.78, 5) is 4.44. The lowest BCUT2D eigenvalue weighted by molar-refractivity contribution is -0.189. The minimum absolute atomic E-state index is 0.239. The molecule has 18 heavy (non-hydrogen) atoms. The lowest BCUT2D eigenvalue weighted by atomic mass is 9.83. The fraction of sp³-hybridized carbons (Fsp3) is 0.538. The highest BCUT2D eigenvalue weighted by molar-refractivity contribution is 5.32. The number of hydrogen-bond donors (Lipinski definition) is 1. The summed E-state index contributed by atoms with van der Waals surface area (Å²) in [5.41, 5.74) is 4.96. The van der Waals surface area contributed by atoms with E-state index in [9.17, 15) is 13.2 Å². The zero-order chi connectivity index (χ0) is 13.0. The molecule has 1 aromatic rings. The van der Waals surface area contributed by atoms with Crippen molar-refractivity contribution in [1.29, 1.82) is 0 Å². The van der Waals surface area contributed by atoms with Crippen LogP contribution in [0.3, 0.4) is 0 Å². The molecule has 1 aliphatic rings. The predicted octanol–water partition coefficient (Wildman–Crippen LogP) is 3.19. The number of halogens is 3. The van der Waals surface area contributed by atoms with E-state index in [0.29, 0.717) is 6.54 Å². The highest BCUT2D eigenvalue weighted by Crippen LogP contribution is 2.30. The van der Waals surface area contributed by atoms with Gasteiger partial charge in [-0.15, -0.1) is 0 Å². The van der Waals surface area contributed by atoms with Crippen LogP contribution in [0, 0.1) is 0 Å². The van der Waals surface area contributed by atoms with Crippen LogP contribution in [0.25, 0.3) is 0 Å². The molecule has 0 amide bonds. The maximum atomic E-state index is 11.9. The van der Waals surface area contributed by atoms with Gasteiger partial charge in [0.05, 0.1) is 0 Å². The van der Waals surface area contributed by atoms with Crippen LogP contribution in [0.2, 0.25) is 0 Å². The van der Waals surface area contributed by atoms with Gasteiger partial charge in [-0.1, -0.05) is 24.3 Å². The maximum Gasteiger partial charge on any atom is 0.413 e. The molecule has 0 heterocycles. The van der Waals surface area contributed by atoms with Crippen LogP contribution in [0.4, 0.5) is 13.2 Å². The Morgan fingerprint density at radius 2 is 2.06 bits per heavy atom. The van der Waals surface area contributed by atoms with Crippen LogP contribution in [-0.2, 0) is 11.3 Å². The smallest absolute Gasteiger partial charge is 0.292 e. The van der Waals surface area contributed by atoms with Gasteiger partial charge in [-0.25, -0.2) is 5.48 Å². The molecule has 2 rings (SSSR count). The molecule has 100 valence electrons. The van der Waals surface area contributed by atoms with E-state index in [4.69, 9.17) is 0 Å². The molecule has 0 saturated carbocycles. The third kappa shape index (κ3) is 3.71. The summed E-state index contributed by atoms with van der Waals surface area (Å²) in [5.74, 6) is 0.239. The molecule has 0 saturated heterocycles. The van der Waals surface area contributed by atoms with Crippen molar-refractivity contribution in [3.05, 3.63) is 35.4 Å². The highest BCUT2D eigenvalue weighted by atomic mass is 19.4. The zero-order valence-corrected chi connectivity index (χ0v) is 9.96. The van der Waals surface area contributed by atoms with E-state index < -0.39 is 12.8 Å². The van der Waals surface area contributed by atoms with Gasteiger partial charge in [0.15, 0.2) is 6.61 Å². The van der Waals surface area contributed by atoms with Crippen molar-refractivity contribution < 1.29 is 18.0 Å². The van der Waals surface area contributed by atoms with Gasteiger partial charge in [-0.3, -0.25) is 4.84 Å². The molecule has 0 radical (unpaired) electrons. The summed E-state index contributed by atoms with van der Waals surface area (Å²) in [5, 5.41) is 0. The Balaban J connectivity index is 1.84. The maximum absolute atomic E-state index is 11.9. The quantitative estimate of drug-likeness (QED) is 0.662. The van der Waals surface area contributed by atoms with Crippen LogP contribution < -0.4 is 5.48 Å². The number of hydrogen-bond acceptors (Lipinski definition) is 2. The molecule has 1 atom stereocenters. The van der Waals surface area contributed by atoms with Gasteiger partial charge >= 0.3 is 6.18 Å². The van der Waals surface area contributed by atoms with Crippen LogP contribution in [0.5, 0.6) is 0 Å². The Morgan fingerprint density at radius 1 is 1.28 bits per heavy atom. The van der Waals surface area contributed by atoms with Crippen molar-refractivity contribution >= 4 is 0 Å². The highest BCUT2D eigenvalue weighted by Gasteiger charge is 2.28. The fourth-order valence-electron chi connectivity index (χ4n) is 2.36. The van der Waals surface area contributed by atoms with Gasteiger partial charge in [0.25, 0.3) is 0 Å². The van der Waals surface area contributed by atoms with Crippen LogP contribution in [-0.4, -0.2) is 19.3 Å². The van der Waals surface area contributed by atoms with Crippen LogP contribution >= 0.6 is 0 Å². The molecule has 2 nitrogen and oxygen atoms in total. The van der Waals surface area contributed by atoms with Crippen LogP contribution in [0.15, 0.2) is 24.3 Å². The predicted molar refractivity (Wildman–Crippen MR) is 62.1 cm³/mol. The SMILES string of the molecule is FC(F)(F)CONCC1CCCc2ccccc21. The second-order valence-electron chi connectivity index (χ2n) is 4.54. The van der Waals surface area contributed by atoms with Crippen LogP contribution in [0.1, 0.15) is 29.9 Å². The van der Waals surface area contributed by atoms with E-state index in [1.807, 2.05) is 18.2 Å². The van der Waals surface area contributed by atoms with Gasteiger partial charge in [0.1, 0.15) is 0 Å². The van der Waals surface area contributed by atoms with Crippen molar-refractivity contribution in [3.63, 3.8) is 0 Å². The summed E-state index contributed by atoms with van der Waals surface area (Å²) in [6.45, 7) is -0.825. The first kappa shape index (κ1) is 13.4. The largest absolute Gasteiger partial charge is 0.413 e. The summed E-state index contributed by atoms with van der Waals surface area (Å²) in [6.07, 6.45) is -1.17. The third-order valence-electron chi connectivity index (χ3n) is 3.16. The zero-order valence-electron chi connectivity index (χ0n) is 9.96. The average molecular weight is 259 g/mol. The number of fused-ring (bicyclic) bond motifs is 1. The molecule has 0 aromatic heterocycles. The molecule has 0 fully saturated rings. The summed E-state index contributed by atoms with van der Waals surface area (Å²) < 4.78 is 35.7. The Bertz CT molecular complexity index is 392. The van der Waals surface area contributed by atoms with Gasteiger partial charge in [0.2, 0.25) is 0 Å². The lowest BCUT2D eigenvalue weighted by Gasteiger charge is -2.25. The normalized spacial score (nSPS) is 19.6. The summed E-state index contributed by atoms with van der Waals surface area (Å²) in [6, 6.07) is 8.09. The van der Waals surface area contributed by atoms with Gasteiger partial charge in [0, 0.05) is 6.54 Å². The fourth-order valence-corrected chi connectivity index (χ4v) is 2.36. The number of benzene rings is 1. The van der Waals surface area contributed by atoms with Crippen molar-refractivity contribution in [3.8, 4) is 0 Å². The Morgan fingerprint density at radius 3 is 2.83 bits per heavy atom. The average Bonchev–Trinajstić information content (AvgIpc) is 2.33. The number of rotatable bonds is 4. The van der Waals surface area contributed by atoms with Crippen molar-refractivity contribution in [2.45, 2.75) is 31.4 Å². The van der Waals surface area contributed by atoms with Gasteiger partial charge in [-0.05, 0) is 36.3 Å². The molecular formula is C13H16F3NO. The molecule has 1 aromatic carbocycles. The molecule has 5 heteroatoms. The molecule has 0 bridgehead atoms. The second kappa shape index (κ2) is 5.71. The third-order valence-corrected chi connectivity index (χ3v) is 3.16. The molecule has 1 aliphatic carbocycles. The molecule has 1 unspecified atom stereocenters. The van der Waals surface area contributed by atoms with E-state index in [-0.39, 0.29) is 5.92 Å². The Hall–Kier alpha value is -1.07. The van der Waals surface area contributed by atoms with Gasteiger partial charge < -0.3 is 0 Å². The first-order chi connectivity index (χ1) is 8.56. The topological polar surface area (TPSA) is 21.3 Å². The molecular weight excluding hydrogens is 243 g/mol. The first-order valence-corrected chi connectivity index (χ1v) is 6.05.